The Morgan fingerprint density at radius 1 is 1.67 bits per heavy atom. The molecule has 0 aromatic carbocycles. The van der Waals surface area contributed by atoms with E-state index in [0.717, 1.165) is 0 Å². The van der Waals surface area contributed by atoms with Crippen LogP contribution in [0, 0.1) is 0 Å². The number of hydrogen-bond acceptors (Lipinski definition) is 2. The average Bonchev–Trinajstić information content (AvgIpc) is 1.65. The first-order valence-corrected chi connectivity index (χ1v) is 3.88. The minimum Gasteiger partial charge on any atom is -0.225 e. The molecule has 0 amide bonds. The molecule has 0 aromatic heterocycles. The van der Waals surface area contributed by atoms with Gasteiger partial charge in [0.05, 0.1) is 4.91 Å². The van der Waals surface area contributed by atoms with Crippen molar-refractivity contribution >= 4 is 10.0 Å². The van der Waals surface area contributed by atoms with Crippen molar-refractivity contribution in [1.29, 1.82) is 0 Å². The predicted molar refractivity (Wildman–Crippen MR) is 37.1 cm³/mol. The van der Waals surface area contributed by atoms with Gasteiger partial charge in [-0.2, -0.15) is 0 Å². The molecule has 0 aliphatic carbocycles. The highest BCUT2D eigenvalue weighted by molar-refractivity contribution is 7.93. The lowest BCUT2D eigenvalue weighted by atomic mass is 10.5. The maximum atomic E-state index is 10.4. The molecule has 0 saturated heterocycles. The summed E-state index contributed by atoms with van der Waals surface area (Å²) < 4.78 is 20.9. The van der Waals surface area contributed by atoms with E-state index >= 15 is 0 Å². The fourth-order valence-corrected chi connectivity index (χ4v) is 0.959. The third-order valence-corrected chi connectivity index (χ3v) is 1.87. The molecule has 0 aromatic rings. The summed E-state index contributed by atoms with van der Waals surface area (Å²) in [6.07, 6.45) is 2.59. The van der Waals surface area contributed by atoms with Crippen molar-refractivity contribution < 1.29 is 8.42 Å². The number of allylic oxidation sites excluding steroid dienone is 2. The number of sulfonamides is 1. The van der Waals surface area contributed by atoms with Crippen molar-refractivity contribution in [2.24, 2.45) is 5.14 Å². The fourth-order valence-electron chi connectivity index (χ4n) is 0.398. The van der Waals surface area contributed by atoms with Crippen LogP contribution in [0.2, 0.25) is 0 Å². The SMILES string of the molecule is C=C/C(=C\C)S(N)(=O)=O. The van der Waals surface area contributed by atoms with E-state index in [1.165, 1.54) is 12.2 Å². The van der Waals surface area contributed by atoms with Crippen LogP contribution in [0.4, 0.5) is 0 Å². The van der Waals surface area contributed by atoms with Gasteiger partial charge in [0.15, 0.2) is 0 Å². The van der Waals surface area contributed by atoms with Crippen LogP contribution >= 0.6 is 0 Å². The fraction of sp³-hybridized carbons (Fsp3) is 0.200. The van der Waals surface area contributed by atoms with Gasteiger partial charge in [-0.15, -0.1) is 0 Å². The van der Waals surface area contributed by atoms with Gasteiger partial charge in [0.25, 0.3) is 0 Å². The highest BCUT2D eigenvalue weighted by Crippen LogP contribution is 2.00. The van der Waals surface area contributed by atoms with E-state index in [1.807, 2.05) is 0 Å². The minimum absolute atomic E-state index is 0.0579. The second-order valence-electron chi connectivity index (χ2n) is 1.44. The molecule has 0 aliphatic heterocycles. The van der Waals surface area contributed by atoms with Gasteiger partial charge in [0.1, 0.15) is 0 Å². The monoisotopic (exact) mass is 147 g/mol. The number of hydrogen-bond donors (Lipinski definition) is 1. The van der Waals surface area contributed by atoms with Crippen molar-refractivity contribution in [3.05, 3.63) is 23.6 Å². The third kappa shape index (κ3) is 2.43. The topological polar surface area (TPSA) is 60.2 Å². The zero-order valence-electron chi connectivity index (χ0n) is 5.16. The van der Waals surface area contributed by atoms with Gasteiger partial charge in [-0.25, -0.2) is 13.6 Å². The minimum atomic E-state index is -3.52. The molecule has 3 nitrogen and oxygen atoms in total. The first-order valence-electron chi connectivity index (χ1n) is 2.34. The van der Waals surface area contributed by atoms with Crippen molar-refractivity contribution in [2.75, 3.05) is 0 Å². The van der Waals surface area contributed by atoms with Crippen molar-refractivity contribution in [2.45, 2.75) is 6.92 Å². The lowest BCUT2D eigenvalue weighted by Gasteiger charge is -1.93. The summed E-state index contributed by atoms with van der Waals surface area (Å²) >= 11 is 0. The summed E-state index contributed by atoms with van der Waals surface area (Å²) in [4.78, 5) is 0.0579. The van der Waals surface area contributed by atoms with Crippen molar-refractivity contribution in [1.82, 2.24) is 0 Å². The van der Waals surface area contributed by atoms with Gasteiger partial charge in [-0.05, 0) is 13.0 Å². The Morgan fingerprint density at radius 3 is 2.11 bits per heavy atom. The normalized spacial score (nSPS) is 13.3. The van der Waals surface area contributed by atoms with Crippen LogP contribution in [0.1, 0.15) is 6.92 Å². The lowest BCUT2D eigenvalue weighted by molar-refractivity contribution is 0.604. The quantitative estimate of drug-likeness (QED) is 0.573. The molecule has 0 bridgehead atoms. The van der Waals surface area contributed by atoms with E-state index < -0.39 is 10.0 Å². The van der Waals surface area contributed by atoms with Crippen LogP contribution in [-0.2, 0) is 10.0 Å². The number of nitrogens with two attached hydrogens (primary N) is 1. The first-order chi connectivity index (χ1) is 4.02. The summed E-state index contributed by atoms with van der Waals surface area (Å²) in [6.45, 7) is 4.86. The van der Waals surface area contributed by atoms with Gasteiger partial charge < -0.3 is 0 Å². The van der Waals surface area contributed by atoms with Crippen molar-refractivity contribution in [3.63, 3.8) is 0 Å². The second kappa shape index (κ2) is 2.80. The molecule has 0 spiro atoms. The van der Waals surface area contributed by atoms with Gasteiger partial charge in [0, 0.05) is 0 Å². The zero-order chi connectivity index (χ0) is 7.49. The Bertz CT molecular complexity index is 225. The lowest BCUT2D eigenvalue weighted by Crippen LogP contribution is -2.12. The predicted octanol–water partition coefficient (Wildman–Crippen LogP) is 0.365. The maximum Gasteiger partial charge on any atom is 0.237 e. The zero-order valence-corrected chi connectivity index (χ0v) is 5.98. The van der Waals surface area contributed by atoms with E-state index in [1.54, 1.807) is 6.92 Å². The molecule has 9 heavy (non-hydrogen) atoms. The molecule has 0 rings (SSSR count). The van der Waals surface area contributed by atoms with Gasteiger partial charge in [-0.1, -0.05) is 12.7 Å². The summed E-state index contributed by atoms with van der Waals surface area (Å²) in [6, 6.07) is 0. The Labute approximate surface area is 54.9 Å². The number of rotatable bonds is 2. The van der Waals surface area contributed by atoms with Crippen LogP contribution in [0.3, 0.4) is 0 Å². The molecule has 0 fully saturated rings. The molecular weight excluding hydrogens is 138 g/mol. The summed E-state index contributed by atoms with van der Waals surface area (Å²) in [7, 11) is -3.52. The molecule has 2 N–H and O–H groups in total. The van der Waals surface area contributed by atoms with E-state index in [9.17, 15) is 8.42 Å². The molecule has 0 saturated carbocycles. The molecule has 52 valence electrons. The van der Waals surface area contributed by atoms with Crippen LogP contribution in [0.25, 0.3) is 0 Å². The Morgan fingerprint density at radius 2 is 2.11 bits per heavy atom. The maximum absolute atomic E-state index is 10.4. The van der Waals surface area contributed by atoms with Crippen LogP contribution in [-0.4, -0.2) is 8.42 Å². The van der Waals surface area contributed by atoms with Crippen molar-refractivity contribution in [3.8, 4) is 0 Å². The molecule has 0 radical (unpaired) electrons. The third-order valence-electron chi connectivity index (χ3n) is 0.814. The molecule has 0 heterocycles. The molecular formula is C5H9NO2S. The summed E-state index contributed by atoms with van der Waals surface area (Å²) in [5.41, 5.74) is 0. The standard InChI is InChI=1S/C5H9NO2S/c1-3-5(4-2)9(6,7)8/h3-4H,1H2,2H3,(H2,6,7,8)/b5-4+. The molecule has 0 aliphatic rings. The molecule has 4 heteroatoms. The smallest absolute Gasteiger partial charge is 0.225 e. The van der Waals surface area contributed by atoms with Crippen LogP contribution in [0.5, 0.6) is 0 Å². The van der Waals surface area contributed by atoms with E-state index in [-0.39, 0.29) is 4.91 Å². The number of primary sulfonamides is 1. The highest BCUT2D eigenvalue weighted by Gasteiger charge is 2.04. The average molecular weight is 147 g/mol. The van der Waals surface area contributed by atoms with Gasteiger partial charge in [-0.3, -0.25) is 0 Å². The highest BCUT2D eigenvalue weighted by atomic mass is 32.2. The Kier molecular flexibility index (Phi) is 2.61. The van der Waals surface area contributed by atoms with Gasteiger partial charge >= 0.3 is 0 Å². The van der Waals surface area contributed by atoms with E-state index in [4.69, 9.17) is 5.14 Å². The summed E-state index contributed by atoms with van der Waals surface area (Å²) in [5.74, 6) is 0. The Hall–Kier alpha value is -0.610. The Balaban J connectivity index is 4.77. The van der Waals surface area contributed by atoms with E-state index in [2.05, 4.69) is 6.58 Å². The van der Waals surface area contributed by atoms with Gasteiger partial charge in [0.2, 0.25) is 10.0 Å². The van der Waals surface area contributed by atoms with Crippen LogP contribution in [0.15, 0.2) is 23.6 Å². The molecule has 0 unspecified atom stereocenters. The second-order valence-corrected chi connectivity index (χ2v) is 3.00. The van der Waals surface area contributed by atoms with E-state index in [0.29, 0.717) is 0 Å². The summed E-state index contributed by atoms with van der Waals surface area (Å²) in [5, 5.41) is 4.73. The largest absolute Gasteiger partial charge is 0.237 e. The first kappa shape index (κ1) is 8.39. The van der Waals surface area contributed by atoms with Crippen LogP contribution < -0.4 is 5.14 Å². The molecule has 0 atom stereocenters.